The quantitative estimate of drug-likeness (QED) is 0.713. The third-order valence-electron chi connectivity index (χ3n) is 5.87. The molecule has 6 heteroatoms. The van der Waals surface area contributed by atoms with E-state index in [9.17, 15) is 14.0 Å². The number of carbonyl (C=O) groups is 2. The lowest BCUT2D eigenvalue weighted by Gasteiger charge is -2.41. The molecule has 1 saturated carbocycles. The first-order chi connectivity index (χ1) is 12.6. The number of amides is 1. The van der Waals surface area contributed by atoms with E-state index in [0.717, 1.165) is 13.1 Å². The van der Waals surface area contributed by atoms with Gasteiger partial charge in [-0.05, 0) is 31.1 Å². The molecule has 1 saturated heterocycles. The second-order valence-corrected chi connectivity index (χ2v) is 7.44. The number of nitrogens with zero attached hydrogens (tertiary/aromatic N) is 3. The van der Waals surface area contributed by atoms with Gasteiger partial charge in [0.2, 0.25) is 0 Å². The van der Waals surface area contributed by atoms with Crippen molar-refractivity contribution < 1.29 is 14.0 Å². The standard InChI is InChI=1S/C20H24FN3O2/c21-14-6-7-18-16(12-14)19(25)17(13-22-18)20(26)24-10-8-23(9-11-24)15-4-2-1-3-5-15/h6-7,12-13,15-16H,1-5,8-11H2. The summed E-state index contributed by atoms with van der Waals surface area (Å²) in [5, 5.41) is 0. The molecule has 2 fully saturated rings. The molecule has 0 aromatic heterocycles. The Labute approximate surface area is 152 Å². The zero-order chi connectivity index (χ0) is 18.1. The van der Waals surface area contributed by atoms with Gasteiger partial charge in [0, 0.05) is 38.4 Å². The van der Waals surface area contributed by atoms with E-state index in [2.05, 4.69) is 9.89 Å². The molecule has 0 aromatic rings. The van der Waals surface area contributed by atoms with Crippen LogP contribution >= 0.6 is 0 Å². The maximum atomic E-state index is 13.5. The second kappa shape index (κ2) is 7.27. The predicted octanol–water partition coefficient (Wildman–Crippen LogP) is 2.41. The highest BCUT2D eigenvalue weighted by Crippen LogP contribution is 2.26. The summed E-state index contributed by atoms with van der Waals surface area (Å²) in [4.78, 5) is 33.9. The summed E-state index contributed by atoms with van der Waals surface area (Å²) in [6, 6.07) is 0.644. The zero-order valence-electron chi connectivity index (χ0n) is 14.9. The van der Waals surface area contributed by atoms with Crippen molar-refractivity contribution in [3.63, 3.8) is 0 Å². The SMILES string of the molecule is O=C1C(C(=O)N2CCN(C3CCCCC3)CC2)=CN=C2C=CC(F)=CC12. The third-order valence-corrected chi connectivity index (χ3v) is 5.87. The van der Waals surface area contributed by atoms with Crippen molar-refractivity contribution in [1.29, 1.82) is 0 Å². The van der Waals surface area contributed by atoms with Crippen LogP contribution in [0.3, 0.4) is 0 Å². The number of rotatable bonds is 2. The monoisotopic (exact) mass is 357 g/mol. The number of fused-ring (bicyclic) bond motifs is 1. The van der Waals surface area contributed by atoms with E-state index in [1.54, 1.807) is 4.90 Å². The van der Waals surface area contributed by atoms with Gasteiger partial charge in [-0.2, -0.15) is 0 Å². The zero-order valence-corrected chi connectivity index (χ0v) is 14.9. The average Bonchev–Trinajstić information content (AvgIpc) is 2.69. The molecule has 5 nitrogen and oxygen atoms in total. The van der Waals surface area contributed by atoms with E-state index >= 15 is 0 Å². The van der Waals surface area contributed by atoms with Gasteiger partial charge < -0.3 is 4.90 Å². The molecule has 138 valence electrons. The van der Waals surface area contributed by atoms with Crippen molar-refractivity contribution in [2.75, 3.05) is 26.2 Å². The fourth-order valence-corrected chi connectivity index (χ4v) is 4.34. The summed E-state index contributed by atoms with van der Waals surface area (Å²) in [7, 11) is 0. The Balaban J connectivity index is 1.41. The molecular weight excluding hydrogens is 333 g/mol. The lowest BCUT2D eigenvalue weighted by atomic mass is 9.87. The van der Waals surface area contributed by atoms with Crippen LogP contribution < -0.4 is 0 Å². The largest absolute Gasteiger partial charge is 0.336 e. The van der Waals surface area contributed by atoms with E-state index in [4.69, 9.17) is 0 Å². The lowest BCUT2D eigenvalue weighted by molar-refractivity contribution is -0.131. The minimum Gasteiger partial charge on any atom is -0.336 e. The Bertz CT molecular complexity index is 723. The summed E-state index contributed by atoms with van der Waals surface area (Å²) in [6.07, 6.45) is 11.8. The summed E-state index contributed by atoms with van der Waals surface area (Å²) in [5.74, 6) is -1.86. The van der Waals surface area contributed by atoms with Crippen LogP contribution in [0.4, 0.5) is 4.39 Å². The van der Waals surface area contributed by atoms with Crippen molar-refractivity contribution in [3.05, 3.63) is 35.8 Å². The number of carbonyl (C=O) groups excluding carboxylic acids is 2. The molecule has 2 aliphatic heterocycles. The van der Waals surface area contributed by atoms with Crippen LogP contribution in [0.5, 0.6) is 0 Å². The topological polar surface area (TPSA) is 53.0 Å². The minimum absolute atomic E-state index is 0.0733. The molecule has 2 heterocycles. The Hall–Kier alpha value is -2.08. The van der Waals surface area contributed by atoms with Crippen LogP contribution in [0.2, 0.25) is 0 Å². The fraction of sp³-hybridized carbons (Fsp3) is 0.550. The molecule has 26 heavy (non-hydrogen) atoms. The van der Waals surface area contributed by atoms with Gasteiger partial charge in [0.25, 0.3) is 5.91 Å². The molecule has 0 bridgehead atoms. The number of ketones is 1. The number of Topliss-reactive ketones (excluding diaryl/α,β-unsaturated/α-hetero) is 1. The van der Waals surface area contributed by atoms with Crippen LogP contribution in [0, 0.1) is 5.92 Å². The van der Waals surface area contributed by atoms with Gasteiger partial charge in [0.15, 0.2) is 5.78 Å². The Kier molecular flexibility index (Phi) is 4.85. The number of allylic oxidation sites excluding steroid dienone is 4. The first-order valence-corrected chi connectivity index (χ1v) is 9.54. The second-order valence-electron chi connectivity index (χ2n) is 7.44. The first-order valence-electron chi connectivity index (χ1n) is 9.54. The highest BCUT2D eigenvalue weighted by molar-refractivity contribution is 6.29. The molecule has 4 aliphatic rings. The van der Waals surface area contributed by atoms with Crippen LogP contribution in [0.1, 0.15) is 32.1 Å². The van der Waals surface area contributed by atoms with Gasteiger partial charge >= 0.3 is 0 Å². The van der Waals surface area contributed by atoms with Gasteiger partial charge in [0.1, 0.15) is 11.4 Å². The molecule has 1 amide bonds. The summed E-state index contributed by atoms with van der Waals surface area (Å²) in [5.41, 5.74) is 0.569. The number of piperazine rings is 1. The number of aliphatic imine (C=N–C) groups is 1. The minimum atomic E-state index is -0.771. The fourth-order valence-electron chi connectivity index (χ4n) is 4.34. The summed E-state index contributed by atoms with van der Waals surface area (Å²) in [6.45, 7) is 2.97. The molecule has 2 aliphatic carbocycles. The van der Waals surface area contributed by atoms with Crippen molar-refractivity contribution >= 4 is 17.4 Å². The number of hydrogen-bond acceptors (Lipinski definition) is 4. The lowest BCUT2D eigenvalue weighted by Crippen LogP contribution is -2.53. The van der Waals surface area contributed by atoms with Gasteiger partial charge in [-0.15, -0.1) is 0 Å². The predicted molar refractivity (Wildman–Crippen MR) is 97.4 cm³/mol. The van der Waals surface area contributed by atoms with Crippen LogP contribution in [0.25, 0.3) is 0 Å². The first kappa shape index (κ1) is 17.3. The average molecular weight is 357 g/mol. The molecule has 0 N–H and O–H groups in total. The molecule has 1 unspecified atom stereocenters. The Morgan fingerprint density at radius 1 is 1.08 bits per heavy atom. The van der Waals surface area contributed by atoms with Crippen molar-refractivity contribution in [3.8, 4) is 0 Å². The van der Waals surface area contributed by atoms with E-state index < -0.39 is 11.7 Å². The molecule has 1 atom stereocenters. The van der Waals surface area contributed by atoms with Gasteiger partial charge in [-0.3, -0.25) is 19.5 Å². The van der Waals surface area contributed by atoms with Gasteiger partial charge in [-0.1, -0.05) is 19.3 Å². The van der Waals surface area contributed by atoms with E-state index in [-0.39, 0.29) is 17.3 Å². The number of hydrogen-bond donors (Lipinski definition) is 0. The van der Waals surface area contributed by atoms with Crippen LogP contribution in [-0.4, -0.2) is 59.4 Å². The number of halogens is 1. The molecule has 4 rings (SSSR count). The van der Waals surface area contributed by atoms with Crippen LogP contribution in [-0.2, 0) is 9.59 Å². The van der Waals surface area contributed by atoms with Crippen LogP contribution in [0.15, 0.2) is 40.8 Å². The van der Waals surface area contributed by atoms with Gasteiger partial charge in [0.05, 0.1) is 11.6 Å². The molecule has 0 aromatic carbocycles. The van der Waals surface area contributed by atoms with E-state index in [1.807, 2.05) is 0 Å². The van der Waals surface area contributed by atoms with E-state index in [0.29, 0.717) is 24.8 Å². The van der Waals surface area contributed by atoms with Gasteiger partial charge in [-0.25, -0.2) is 4.39 Å². The highest BCUT2D eigenvalue weighted by atomic mass is 19.1. The van der Waals surface area contributed by atoms with Crippen molar-refractivity contribution in [2.45, 2.75) is 38.1 Å². The maximum Gasteiger partial charge on any atom is 0.259 e. The molecule has 0 radical (unpaired) electrons. The summed E-state index contributed by atoms with van der Waals surface area (Å²) >= 11 is 0. The third kappa shape index (κ3) is 3.30. The molecule has 0 spiro atoms. The maximum absolute atomic E-state index is 13.5. The van der Waals surface area contributed by atoms with Crippen molar-refractivity contribution in [2.24, 2.45) is 10.9 Å². The van der Waals surface area contributed by atoms with E-state index in [1.165, 1.54) is 56.5 Å². The Morgan fingerprint density at radius 2 is 1.81 bits per heavy atom. The Morgan fingerprint density at radius 3 is 2.54 bits per heavy atom. The molecular formula is C20H24FN3O2. The smallest absolute Gasteiger partial charge is 0.259 e. The van der Waals surface area contributed by atoms with Crippen molar-refractivity contribution in [1.82, 2.24) is 9.80 Å². The normalized spacial score (nSPS) is 27.6. The summed E-state index contributed by atoms with van der Waals surface area (Å²) < 4.78 is 13.5. The highest BCUT2D eigenvalue weighted by Gasteiger charge is 2.36.